The Morgan fingerprint density at radius 2 is 1.92 bits per heavy atom. The third-order valence-electron chi connectivity index (χ3n) is 4.18. The molecule has 2 rings (SSSR count). The number of non-ortho nitro benzene ring substituents is 1. The normalized spacial score (nSPS) is 23.6. The number of rotatable bonds is 5. The van der Waals surface area contributed by atoms with Crippen molar-refractivity contribution in [1.29, 1.82) is 0 Å². The molecule has 1 fully saturated rings. The zero-order valence-electron chi connectivity index (χ0n) is 13.3. The number of ether oxygens (including phenoxy) is 2. The van der Waals surface area contributed by atoms with E-state index in [9.17, 15) is 24.5 Å². The molecule has 1 aliphatic carbocycles. The number of benzene rings is 1. The molecule has 8 heteroatoms. The van der Waals surface area contributed by atoms with Crippen molar-refractivity contribution in [1.82, 2.24) is 0 Å². The van der Waals surface area contributed by atoms with Gasteiger partial charge in [0.1, 0.15) is 11.9 Å². The van der Waals surface area contributed by atoms with Gasteiger partial charge in [0.2, 0.25) is 0 Å². The molecule has 0 heterocycles. The van der Waals surface area contributed by atoms with E-state index < -0.39 is 28.4 Å². The van der Waals surface area contributed by atoms with Gasteiger partial charge in [-0.1, -0.05) is 0 Å². The number of hydrogen-bond donors (Lipinski definition) is 0. The third kappa shape index (κ3) is 3.33. The molecule has 1 aromatic rings. The summed E-state index contributed by atoms with van der Waals surface area (Å²) in [4.78, 5) is 46.2. The number of nitrogens with zero attached hydrogens (tertiary/aromatic N) is 1. The molecule has 0 bridgehead atoms. The van der Waals surface area contributed by atoms with Gasteiger partial charge < -0.3 is 9.47 Å². The maximum Gasteiger partial charge on any atom is 0.339 e. The highest BCUT2D eigenvalue weighted by atomic mass is 16.6. The van der Waals surface area contributed by atoms with Crippen LogP contribution in [-0.2, 0) is 19.1 Å². The van der Waals surface area contributed by atoms with E-state index in [1.807, 2.05) is 0 Å². The molecule has 2 atom stereocenters. The highest BCUT2D eigenvalue weighted by Crippen LogP contribution is 2.34. The molecular weight excluding hydrogens is 318 g/mol. The van der Waals surface area contributed by atoms with Crippen LogP contribution in [0.4, 0.5) is 5.69 Å². The molecule has 1 aliphatic rings. The van der Waals surface area contributed by atoms with E-state index in [1.54, 1.807) is 0 Å². The Labute approximate surface area is 137 Å². The average molecular weight is 335 g/mol. The Morgan fingerprint density at radius 3 is 2.42 bits per heavy atom. The zero-order valence-corrected chi connectivity index (χ0v) is 13.3. The number of nitro benzene ring substituents is 1. The van der Waals surface area contributed by atoms with Crippen molar-refractivity contribution in [2.75, 3.05) is 7.11 Å². The van der Waals surface area contributed by atoms with Crippen molar-refractivity contribution >= 4 is 23.2 Å². The van der Waals surface area contributed by atoms with Gasteiger partial charge in [0.25, 0.3) is 5.69 Å². The summed E-state index contributed by atoms with van der Waals surface area (Å²) in [6, 6.07) is 4.86. The van der Waals surface area contributed by atoms with E-state index in [2.05, 4.69) is 0 Å². The molecule has 24 heavy (non-hydrogen) atoms. The predicted molar refractivity (Wildman–Crippen MR) is 81.6 cm³/mol. The summed E-state index contributed by atoms with van der Waals surface area (Å²) in [5.41, 5.74) is -1.61. The van der Waals surface area contributed by atoms with Crippen LogP contribution in [0.5, 0.6) is 0 Å². The van der Waals surface area contributed by atoms with Gasteiger partial charge in [0, 0.05) is 38.5 Å². The molecule has 8 nitrogen and oxygen atoms in total. The van der Waals surface area contributed by atoms with E-state index in [0.717, 1.165) is 0 Å². The molecule has 0 saturated heterocycles. The maximum absolute atomic E-state index is 12.4. The molecular formula is C16H17NO7. The molecule has 0 aromatic heterocycles. The van der Waals surface area contributed by atoms with Crippen molar-refractivity contribution < 1.29 is 28.8 Å². The first-order chi connectivity index (χ1) is 11.3. The van der Waals surface area contributed by atoms with Gasteiger partial charge in [-0.3, -0.25) is 19.7 Å². The molecule has 1 aromatic carbocycles. The lowest BCUT2D eigenvalue weighted by Gasteiger charge is -2.39. The Kier molecular flexibility index (Phi) is 5.08. The van der Waals surface area contributed by atoms with Crippen molar-refractivity contribution in [2.24, 2.45) is 0 Å². The Morgan fingerprint density at radius 1 is 1.29 bits per heavy atom. The largest absolute Gasteiger partial charge is 0.445 e. The summed E-state index contributed by atoms with van der Waals surface area (Å²) >= 11 is 0. The lowest BCUT2D eigenvalue weighted by atomic mass is 9.78. The quantitative estimate of drug-likeness (QED) is 0.458. The molecule has 0 spiro atoms. The van der Waals surface area contributed by atoms with Crippen molar-refractivity contribution in [2.45, 2.75) is 37.9 Å². The van der Waals surface area contributed by atoms with Crippen molar-refractivity contribution in [3.8, 4) is 0 Å². The van der Waals surface area contributed by atoms with Crippen LogP contribution in [0.2, 0.25) is 0 Å². The number of methoxy groups -OCH3 is 1. The maximum atomic E-state index is 12.4. The molecule has 1 saturated carbocycles. The number of carbonyl (C=O) groups excluding carboxylic acids is 3. The first kappa shape index (κ1) is 17.7. The van der Waals surface area contributed by atoms with Crippen molar-refractivity contribution in [3.63, 3.8) is 0 Å². The third-order valence-corrected chi connectivity index (χ3v) is 4.18. The minimum Gasteiger partial charge on any atom is -0.445 e. The standard InChI is InChI=1S/C16H17NO7/c1-10(18)16(8-7-13(19)9-14(16)23-2)24-15(20)11-3-5-12(6-4-11)17(21)22/h3-6,14H,7-9H2,1-2H3/t14-,16+/m1/s1. The number of Topliss-reactive ketones (excluding diaryl/α,β-unsaturated/α-hetero) is 2. The topological polar surface area (TPSA) is 113 Å². The summed E-state index contributed by atoms with van der Waals surface area (Å²) in [5, 5.41) is 10.6. The van der Waals surface area contributed by atoms with Crippen LogP contribution in [0.15, 0.2) is 24.3 Å². The van der Waals surface area contributed by atoms with Crippen molar-refractivity contribution in [3.05, 3.63) is 39.9 Å². The van der Waals surface area contributed by atoms with Crippen LogP contribution in [0.3, 0.4) is 0 Å². The Hall–Kier alpha value is -2.61. The summed E-state index contributed by atoms with van der Waals surface area (Å²) in [7, 11) is 1.35. The lowest BCUT2D eigenvalue weighted by molar-refractivity contribution is -0.384. The molecule has 0 radical (unpaired) electrons. The molecule has 0 aliphatic heterocycles. The highest BCUT2D eigenvalue weighted by Gasteiger charge is 2.51. The molecule has 0 N–H and O–H groups in total. The fraction of sp³-hybridized carbons (Fsp3) is 0.438. The number of nitro groups is 1. The Balaban J connectivity index is 2.27. The van der Waals surface area contributed by atoms with Gasteiger partial charge in [-0.15, -0.1) is 0 Å². The second kappa shape index (κ2) is 6.88. The summed E-state index contributed by atoms with van der Waals surface area (Å²) in [6.45, 7) is 1.28. The fourth-order valence-electron chi connectivity index (χ4n) is 2.77. The van der Waals surface area contributed by atoms with Crippen LogP contribution in [0, 0.1) is 10.1 Å². The van der Waals surface area contributed by atoms with Crippen LogP contribution in [0.1, 0.15) is 36.5 Å². The lowest BCUT2D eigenvalue weighted by Crippen LogP contribution is -2.56. The SMILES string of the molecule is CO[C@@H]1CC(=O)CC[C@]1(OC(=O)c1ccc([N+](=O)[O-])cc1)C(C)=O. The fourth-order valence-corrected chi connectivity index (χ4v) is 2.77. The minimum atomic E-state index is -1.53. The monoisotopic (exact) mass is 335 g/mol. The number of esters is 1. The zero-order chi connectivity index (χ0) is 17.9. The van der Waals surface area contributed by atoms with Crippen LogP contribution < -0.4 is 0 Å². The van der Waals surface area contributed by atoms with Crippen LogP contribution >= 0.6 is 0 Å². The second-order valence-corrected chi connectivity index (χ2v) is 5.61. The molecule has 128 valence electrons. The number of carbonyl (C=O) groups is 3. The number of ketones is 2. The van der Waals surface area contributed by atoms with E-state index in [4.69, 9.17) is 9.47 Å². The van der Waals surface area contributed by atoms with E-state index in [1.165, 1.54) is 38.3 Å². The Bertz CT molecular complexity index is 682. The predicted octanol–water partition coefficient (Wildman–Crippen LogP) is 1.85. The van der Waals surface area contributed by atoms with Gasteiger partial charge in [0.15, 0.2) is 11.4 Å². The minimum absolute atomic E-state index is 0.0103. The highest BCUT2D eigenvalue weighted by molar-refractivity contribution is 5.96. The number of hydrogen-bond acceptors (Lipinski definition) is 7. The van der Waals surface area contributed by atoms with Crippen LogP contribution in [-0.4, -0.2) is 41.3 Å². The van der Waals surface area contributed by atoms with Gasteiger partial charge >= 0.3 is 5.97 Å². The van der Waals surface area contributed by atoms with Gasteiger partial charge in [-0.2, -0.15) is 0 Å². The molecule has 0 unspecified atom stereocenters. The summed E-state index contributed by atoms with van der Waals surface area (Å²) in [5.74, 6) is -1.27. The van der Waals surface area contributed by atoms with E-state index >= 15 is 0 Å². The van der Waals surface area contributed by atoms with Gasteiger partial charge in [-0.05, 0) is 19.1 Å². The van der Waals surface area contributed by atoms with E-state index in [-0.39, 0.29) is 36.3 Å². The summed E-state index contributed by atoms with van der Waals surface area (Å²) < 4.78 is 10.7. The van der Waals surface area contributed by atoms with Gasteiger partial charge in [0.05, 0.1) is 10.5 Å². The molecule has 0 amide bonds. The first-order valence-electron chi connectivity index (χ1n) is 7.33. The average Bonchev–Trinajstić information content (AvgIpc) is 2.56. The first-order valence-corrected chi connectivity index (χ1v) is 7.33. The smallest absolute Gasteiger partial charge is 0.339 e. The van der Waals surface area contributed by atoms with Gasteiger partial charge in [-0.25, -0.2) is 4.79 Å². The van der Waals surface area contributed by atoms with E-state index in [0.29, 0.717) is 0 Å². The summed E-state index contributed by atoms with van der Waals surface area (Å²) in [6.07, 6.45) is -0.687. The second-order valence-electron chi connectivity index (χ2n) is 5.61. The van der Waals surface area contributed by atoms with Crippen LogP contribution in [0.25, 0.3) is 0 Å².